The van der Waals surface area contributed by atoms with Crippen LogP contribution in [0.25, 0.3) is 0 Å². The van der Waals surface area contributed by atoms with E-state index in [0.29, 0.717) is 16.9 Å². The van der Waals surface area contributed by atoms with Gasteiger partial charge in [-0.1, -0.05) is 45.0 Å². The van der Waals surface area contributed by atoms with Crippen LogP contribution in [0.4, 0.5) is 5.69 Å². The summed E-state index contributed by atoms with van der Waals surface area (Å²) >= 11 is 0. The molecular weight excluding hydrogens is 480 g/mol. The molecule has 1 aliphatic heterocycles. The van der Waals surface area contributed by atoms with Crippen LogP contribution in [0, 0.1) is 11.5 Å². The van der Waals surface area contributed by atoms with Gasteiger partial charge in [-0.2, -0.15) is 5.26 Å². The van der Waals surface area contributed by atoms with Crippen LogP contribution in [0.1, 0.15) is 50.1 Å². The summed E-state index contributed by atoms with van der Waals surface area (Å²) in [6, 6.07) is 14.4. The van der Waals surface area contributed by atoms with E-state index < -0.39 is 30.0 Å². The van der Waals surface area contributed by atoms with Gasteiger partial charge in [-0.15, -0.1) is 0 Å². The number of nitrogens with zero attached hydrogens (tertiary/aromatic N) is 5. The van der Waals surface area contributed by atoms with Crippen LogP contribution >= 0.6 is 0 Å². The molecule has 0 radical (unpaired) electrons. The van der Waals surface area contributed by atoms with Gasteiger partial charge in [-0.25, -0.2) is 0 Å². The van der Waals surface area contributed by atoms with E-state index in [0.717, 1.165) is 5.56 Å². The largest absolute Gasteiger partial charge is 0.391 e. The van der Waals surface area contributed by atoms with Gasteiger partial charge < -0.3 is 10.4 Å². The van der Waals surface area contributed by atoms with Crippen molar-refractivity contribution in [2.45, 2.75) is 57.3 Å². The number of carbonyl (C=O) groups excluding carboxylic acids is 2. The molecule has 1 saturated heterocycles. The highest BCUT2D eigenvalue weighted by Crippen LogP contribution is 2.33. The maximum atomic E-state index is 14.1. The number of hydrogen-bond donors (Lipinski definition) is 2. The van der Waals surface area contributed by atoms with Crippen molar-refractivity contribution in [1.29, 1.82) is 5.26 Å². The third-order valence-electron chi connectivity index (χ3n) is 6.62. The number of aromatic nitrogens is 2. The van der Waals surface area contributed by atoms with Crippen molar-refractivity contribution >= 4 is 17.5 Å². The molecule has 3 atom stereocenters. The molecule has 1 fully saturated rings. The minimum Gasteiger partial charge on any atom is -0.391 e. The molecule has 1 aliphatic rings. The fourth-order valence-electron chi connectivity index (χ4n) is 4.58. The van der Waals surface area contributed by atoms with Crippen LogP contribution in [0.5, 0.6) is 0 Å². The number of aliphatic hydroxyl groups excluding tert-OH is 1. The Labute approximate surface area is 222 Å². The molecule has 0 saturated carbocycles. The molecule has 0 aliphatic carbocycles. The number of likely N-dealkylation sites (tertiary alicyclic amines) is 1. The number of amides is 2. The van der Waals surface area contributed by atoms with E-state index in [1.54, 1.807) is 42.9 Å². The fourth-order valence-corrected chi connectivity index (χ4v) is 4.58. The highest BCUT2D eigenvalue weighted by Gasteiger charge is 2.42. The van der Waals surface area contributed by atoms with Crippen molar-refractivity contribution in [2.75, 3.05) is 11.4 Å². The zero-order chi connectivity index (χ0) is 27.3. The third-order valence-corrected chi connectivity index (χ3v) is 6.62. The van der Waals surface area contributed by atoms with Crippen molar-refractivity contribution in [1.82, 2.24) is 20.2 Å². The Morgan fingerprint density at radius 1 is 1.16 bits per heavy atom. The Morgan fingerprint density at radius 3 is 2.53 bits per heavy atom. The van der Waals surface area contributed by atoms with Gasteiger partial charge in [-0.05, 0) is 41.3 Å². The van der Waals surface area contributed by atoms with Crippen molar-refractivity contribution in [3.63, 3.8) is 0 Å². The minimum atomic E-state index is -1.07. The maximum Gasteiger partial charge on any atom is 0.251 e. The monoisotopic (exact) mass is 512 g/mol. The first-order valence-electron chi connectivity index (χ1n) is 12.5. The first-order chi connectivity index (χ1) is 18.2. The van der Waals surface area contributed by atoms with Crippen LogP contribution in [0.2, 0.25) is 0 Å². The van der Waals surface area contributed by atoms with Gasteiger partial charge in [-0.3, -0.25) is 29.4 Å². The second kappa shape index (κ2) is 11.4. The van der Waals surface area contributed by atoms with E-state index in [1.165, 1.54) is 9.80 Å². The predicted octanol–water partition coefficient (Wildman–Crippen LogP) is 3.08. The summed E-state index contributed by atoms with van der Waals surface area (Å²) in [5.74, 6) is -0.868. The summed E-state index contributed by atoms with van der Waals surface area (Å²) in [6.07, 6.45) is 6.10. The number of anilines is 1. The zero-order valence-corrected chi connectivity index (χ0v) is 21.8. The molecular formula is C29H32N6O3. The highest BCUT2D eigenvalue weighted by atomic mass is 16.3. The molecule has 1 aromatic carbocycles. The SMILES string of the molecule is CC(C)(C)c1ccc(N(C(=O)[C@H]2C[C@@H](O)CN2C#N)C(C(=O)NCc2ccccn2)c2cccnc2)cc1. The van der Waals surface area contributed by atoms with Gasteiger partial charge in [0.05, 0.1) is 24.9 Å². The van der Waals surface area contributed by atoms with Gasteiger partial charge in [0.15, 0.2) is 6.19 Å². The van der Waals surface area contributed by atoms with Crippen LogP contribution in [-0.2, 0) is 21.5 Å². The molecule has 2 amide bonds. The predicted molar refractivity (Wildman–Crippen MR) is 142 cm³/mol. The van der Waals surface area contributed by atoms with E-state index in [1.807, 2.05) is 36.5 Å². The summed E-state index contributed by atoms with van der Waals surface area (Å²) in [7, 11) is 0. The van der Waals surface area contributed by atoms with Crippen molar-refractivity contribution in [3.8, 4) is 6.19 Å². The van der Waals surface area contributed by atoms with Gasteiger partial charge in [0, 0.05) is 36.3 Å². The Balaban J connectivity index is 1.78. The normalized spacial score (nSPS) is 17.9. The van der Waals surface area contributed by atoms with E-state index in [9.17, 15) is 20.0 Å². The third kappa shape index (κ3) is 5.98. The molecule has 3 heterocycles. The number of benzene rings is 1. The van der Waals surface area contributed by atoms with Crippen LogP contribution < -0.4 is 10.2 Å². The number of pyridine rings is 2. The van der Waals surface area contributed by atoms with E-state index in [-0.39, 0.29) is 24.9 Å². The molecule has 9 nitrogen and oxygen atoms in total. The Morgan fingerprint density at radius 2 is 1.92 bits per heavy atom. The number of aliphatic hydroxyl groups is 1. The number of hydrogen-bond acceptors (Lipinski definition) is 7. The Kier molecular flexibility index (Phi) is 8.03. The number of nitriles is 1. The molecule has 38 heavy (non-hydrogen) atoms. The number of nitrogens with one attached hydrogen (secondary N) is 1. The smallest absolute Gasteiger partial charge is 0.251 e. The van der Waals surface area contributed by atoms with Gasteiger partial charge in [0.1, 0.15) is 12.1 Å². The summed E-state index contributed by atoms with van der Waals surface area (Å²) in [5.41, 5.74) is 2.66. The fraction of sp³-hybridized carbons (Fsp3) is 0.345. The van der Waals surface area contributed by atoms with Crippen LogP contribution in [0.3, 0.4) is 0 Å². The van der Waals surface area contributed by atoms with Crippen molar-refractivity contribution in [2.24, 2.45) is 0 Å². The van der Waals surface area contributed by atoms with Gasteiger partial charge >= 0.3 is 0 Å². The summed E-state index contributed by atoms with van der Waals surface area (Å²) < 4.78 is 0. The standard InChI is InChI=1S/C29H32N6O3/c1-29(2,3)21-9-11-23(12-10-21)35(28(38)25-15-24(36)18-34(25)19-30)26(20-7-6-13-31-16-20)27(37)33-17-22-8-4-5-14-32-22/h4-14,16,24-26,36H,15,17-18H2,1-3H3,(H,33,37)/t24-,25-,26?/m1/s1. The molecule has 1 unspecified atom stereocenters. The van der Waals surface area contributed by atoms with Crippen LogP contribution in [0.15, 0.2) is 73.2 Å². The van der Waals surface area contributed by atoms with Gasteiger partial charge in [0.25, 0.3) is 5.91 Å². The average Bonchev–Trinajstić information content (AvgIpc) is 3.31. The summed E-state index contributed by atoms with van der Waals surface area (Å²) in [6.45, 7) is 6.53. The second-order valence-electron chi connectivity index (χ2n) is 10.4. The molecule has 3 aromatic rings. The van der Waals surface area contributed by atoms with Crippen LogP contribution in [-0.4, -0.2) is 50.5 Å². The lowest BCUT2D eigenvalue weighted by Gasteiger charge is -2.34. The van der Waals surface area contributed by atoms with E-state index in [2.05, 4.69) is 36.1 Å². The molecule has 0 bridgehead atoms. The lowest BCUT2D eigenvalue weighted by molar-refractivity contribution is -0.128. The summed E-state index contributed by atoms with van der Waals surface area (Å²) in [5, 5.41) is 22.8. The number of carbonyl (C=O) groups is 2. The Bertz CT molecular complexity index is 1290. The van der Waals surface area contributed by atoms with E-state index in [4.69, 9.17) is 0 Å². The number of rotatable bonds is 7. The van der Waals surface area contributed by atoms with Gasteiger partial charge in [0.2, 0.25) is 5.91 Å². The lowest BCUT2D eigenvalue weighted by Crippen LogP contribution is -2.50. The molecule has 2 N–H and O–H groups in total. The Hall–Kier alpha value is -4.29. The maximum absolute atomic E-state index is 14.1. The zero-order valence-electron chi connectivity index (χ0n) is 21.8. The number of β-amino-alcohol motifs (C(OH)–C–C–N with tert-alkyl or cyclic N) is 1. The molecule has 4 rings (SSSR count). The highest BCUT2D eigenvalue weighted by molar-refractivity contribution is 6.04. The minimum absolute atomic E-state index is 0.0626. The summed E-state index contributed by atoms with van der Waals surface area (Å²) in [4.78, 5) is 39.1. The van der Waals surface area contributed by atoms with Crippen molar-refractivity contribution < 1.29 is 14.7 Å². The first-order valence-corrected chi connectivity index (χ1v) is 12.5. The topological polar surface area (TPSA) is 122 Å². The van der Waals surface area contributed by atoms with E-state index >= 15 is 0 Å². The lowest BCUT2D eigenvalue weighted by atomic mass is 9.87. The molecule has 196 valence electrons. The molecule has 9 heteroatoms. The first kappa shape index (κ1) is 26.8. The molecule has 0 spiro atoms. The quantitative estimate of drug-likeness (QED) is 0.467. The molecule has 2 aromatic heterocycles. The average molecular weight is 513 g/mol. The van der Waals surface area contributed by atoms with Crippen molar-refractivity contribution in [3.05, 3.63) is 90.0 Å². The second-order valence-corrected chi connectivity index (χ2v) is 10.4.